The number of anilines is 3. The zero-order chi connectivity index (χ0) is 23.7. The minimum absolute atomic E-state index is 0.166. The number of rotatable bonds is 4. The lowest BCUT2D eigenvalue weighted by atomic mass is 10.1. The molecule has 9 nitrogen and oxygen atoms in total. The average molecular weight is 460 g/mol. The van der Waals surface area contributed by atoms with Crippen LogP contribution in [0.5, 0.6) is 5.75 Å². The lowest BCUT2D eigenvalue weighted by molar-refractivity contribution is -0.140. The SMILES string of the molecule is CC1CN(C(=O)Nc2ccccc2)c2ccc(-c3cnc(N4CCC(C(=O)O)C4)nc3)cc2O1. The van der Waals surface area contributed by atoms with E-state index in [0.717, 1.165) is 16.8 Å². The summed E-state index contributed by atoms with van der Waals surface area (Å²) in [5.41, 5.74) is 3.11. The van der Waals surface area contributed by atoms with Crippen LogP contribution in [0, 0.1) is 5.92 Å². The maximum Gasteiger partial charge on any atom is 0.326 e. The van der Waals surface area contributed by atoms with Crippen LogP contribution >= 0.6 is 0 Å². The first kappa shape index (κ1) is 21.7. The molecule has 174 valence electrons. The van der Waals surface area contributed by atoms with E-state index < -0.39 is 5.97 Å². The molecule has 2 aliphatic rings. The van der Waals surface area contributed by atoms with Crippen LogP contribution < -0.4 is 19.9 Å². The maximum atomic E-state index is 13.0. The zero-order valence-electron chi connectivity index (χ0n) is 18.7. The highest BCUT2D eigenvalue weighted by atomic mass is 16.5. The first-order valence-electron chi connectivity index (χ1n) is 11.2. The molecule has 0 spiro atoms. The number of aromatic nitrogens is 2. The number of fused-ring (bicyclic) bond motifs is 1. The first-order chi connectivity index (χ1) is 16.5. The second-order valence-corrected chi connectivity index (χ2v) is 8.56. The normalized spacial score (nSPS) is 19.3. The van der Waals surface area contributed by atoms with Gasteiger partial charge in [0.15, 0.2) is 0 Å². The highest BCUT2D eigenvalue weighted by molar-refractivity contribution is 6.03. The Hall–Kier alpha value is -4.14. The molecule has 1 fully saturated rings. The minimum atomic E-state index is -0.783. The third-order valence-corrected chi connectivity index (χ3v) is 6.08. The molecule has 0 saturated carbocycles. The number of ether oxygens (including phenoxy) is 1. The van der Waals surface area contributed by atoms with E-state index >= 15 is 0 Å². The second-order valence-electron chi connectivity index (χ2n) is 8.56. The number of carboxylic acids is 1. The lowest BCUT2D eigenvalue weighted by Gasteiger charge is -2.33. The summed E-state index contributed by atoms with van der Waals surface area (Å²) in [7, 11) is 0. The molecule has 3 heterocycles. The van der Waals surface area contributed by atoms with Crippen LogP contribution in [0.4, 0.5) is 22.1 Å². The first-order valence-corrected chi connectivity index (χ1v) is 11.2. The van der Waals surface area contributed by atoms with Gasteiger partial charge in [0.2, 0.25) is 5.95 Å². The van der Waals surface area contributed by atoms with Crippen LogP contribution in [-0.4, -0.2) is 52.8 Å². The number of carbonyl (C=O) groups excluding carboxylic acids is 1. The standard InChI is InChI=1S/C25H25N5O4/c1-16-14-30(25(33)28-20-5-3-2-4-6-20)21-8-7-17(11-22(21)34-16)19-12-26-24(27-13-19)29-10-9-18(15-29)23(31)32/h2-8,11-13,16,18H,9-10,14-15H2,1H3,(H,28,33)(H,31,32). The number of urea groups is 1. The number of nitrogens with zero attached hydrogens (tertiary/aromatic N) is 4. The molecule has 9 heteroatoms. The van der Waals surface area contributed by atoms with Crippen molar-refractivity contribution in [1.82, 2.24) is 9.97 Å². The van der Waals surface area contributed by atoms with E-state index in [1.54, 1.807) is 17.3 Å². The molecule has 2 N–H and O–H groups in total. The molecule has 2 aromatic carbocycles. The number of para-hydroxylation sites is 1. The molecule has 2 unspecified atom stereocenters. The maximum absolute atomic E-state index is 13.0. The fraction of sp³-hybridized carbons (Fsp3) is 0.280. The van der Waals surface area contributed by atoms with Crippen LogP contribution in [0.15, 0.2) is 60.9 Å². The average Bonchev–Trinajstić information content (AvgIpc) is 3.35. The van der Waals surface area contributed by atoms with E-state index in [-0.39, 0.29) is 18.1 Å². The molecular formula is C25H25N5O4. The van der Waals surface area contributed by atoms with Crippen molar-refractivity contribution in [3.63, 3.8) is 0 Å². The molecule has 2 aliphatic heterocycles. The van der Waals surface area contributed by atoms with Gasteiger partial charge in [0.25, 0.3) is 0 Å². The van der Waals surface area contributed by atoms with Gasteiger partial charge in [-0.05, 0) is 43.2 Å². The summed E-state index contributed by atoms with van der Waals surface area (Å²) in [5.74, 6) is -0.0227. The third-order valence-electron chi connectivity index (χ3n) is 6.08. The number of aliphatic carboxylic acids is 1. The highest BCUT2D eigenvalue weighted by Crippen LogP contribution is 2.37. The molecule has 2 amide bonds. The fourth-order valence-electron chi connectivity index (χ4n) is 4.30. The van der Waals surface area contributed by atoms with Crippen LogP contribution in [0.2, 0.25) is 0 Å². The van der Waals surface area contributed by atoms with Gasteiger partial charge < -0.3 is 20.1 Å². The molecule has 1 aromatic heterocycles. The van der Waals surface area contributed by atoms with Crippen molar-refractivity contribution in [2.45, 2.75) is 19.4 Å². The molecule has 3 aromatic rings. The lowest BCUT2D eigenvalue weighted by Crippen LogP contribution is -2.44. The molecule has 0 bridgehead atoms. The van der Waals surface area contributed by atoms with E-state index in [0.29, 0.717) is 43.4 Å². The Kier molecular flexibility index (Phi) is 5.75. The minimum Gasteiger partial charge on any atom is -0.487 e. The van der Waals surface area contributed by atoms with E-state index in [1.807, 2.05) is 60.4 Å². The predicted molar refractivity (Wildman–Crippen MR) is 128 cm³/mol. The Morgan fingerprint density at radius 1 is 1.06 bits per heavy atom. The molecule has 5 rings (SSSR count). The van der Waals surface area contributed by atoms with Crippen molar-refractivity contribution in [2.75, 3.05) is 34.8 Å². The Morgan fingerprint density at radius 2 is 1.82 bits per heavy atom. The molecule has 2 atom stereocenters. The van der Waals surface area contributed by atoms with Crippen molar-refractivity contribution in [3.05, 3.63) is 60.9 Å². The summed E-state index contributed by atoms with van der Waals surface area (Å²) in [5, 5.41) is 12.1. The molecular weight excluding hydrogens is 434 g/mol. The van der Waals surface area contributed by atoms with Gasteiger partial charge in [0, 0.05) is 36.7 Å². The van der Waals surface area contributed by atoms with Crippen molar-refractivity contribution < 1.29 is 19.4 Å². The van der Waals surface area contributed by atoms with Crippen molar-refractivity contribution in [1.29, 1.82) is 0 Å². The third kappa shape index (κ3) is 4.36. The number of carboxylic acid groups (broad SMARTS) is 1. The van der Waals surface area contributed by atoms with Gasteiger partial charge in [-0.3, -0.25) is 9.69 Å². The van der Waals surface area contributed by atoms with E-state index in [4.69, 9.17) is 4.74 Å². The van der Waals surface area contributed by atoms with Gasteiger partial charge in [-0.1, -0.05) is 24.3 Å². The van der Waals surface area contributed by atoms with Crippen LogP contribution in [0.25, 0.3) is 11.1 Å². The van der Waals surface area contributed by atoms with Crippen LogP contribution in [-0.2, 0) is 4.79 Å². The fourth-order valence-corrected chi connectivity index (χ4v) is 4.30. The van der Waals surface area contributed by atoms with E-state index in [9.17, 15) is 14.7 Å². The molecule has 0 aliphatic carbocycles. The van der Waals surface area contributed by atoms with Gasteiger partial charge in [-0.25, -0.2) is 14.8 Å². The smallest absolute Gasteiger partial charge is 0.326 e. The van der Waals surface area contributed by atoms with Crippen molar-refractivity contribution >= 4 is 29.3 Å². The van der Waals surface area contributed by atoms with Crippen LogP contribution in [0.3, 0.4) is 0 Å². The number of hydrogen-bond donors (Lipinski definition) is 2. The van der Waals surface area contributed by atoms with Gasteiger partial charge in [-0.2, -0.15) is 0 Å². The zero-order valence-corrected chi connectivity index (χ0v) is 18.7. The largest absolute Gasteiger partial charge is 0.487 e. The monoisotopic (exact) mass is 459 g/mol. The van der Waals surface area contributed by atoms with Gasteiger partial charge in [-0.15, -0.1) is 0 Å². The summed E-state index contributed by atoms with van der Waals surface area (Å²) in [6.45, 7) is 3.41. The topological polar surface area (TPSA) is 108 Å². The Balaban J connectivity index is 1.35. The van der Waals surface area contributed by atoms with Gasteiger partial charge in [0.05, 0.1) is 18.2 Å². The predicted octanol–water partition coefficient (Wildman–Crippen LogP) is 3.87. The quantitative estimate of drug-likeness (QED) is 0.610. The summed E-state index contributed by atoms with van der Waals surface area (Å²) < 4.78 is 6.04. The number of carbonyl (C=O) groups is 2. The molecule has 0 radical (unpaired) electrons. The van der Waals surface area contributed by atoms with E-state index in [1.165, 1.54) is 0 Å². The number of nitrogens with one attached hydrogen (secondary N) is 1. The Morgan fingerprint density at radius 3 is 2.53 bits per heavy atom. The number of amides is 2. The van der Waals surface area contributed by atoms with E-state index in [2.05, 4.69) is 15.3 Å². The Labute approximate surface area is 197 Å². The summed E-state index contributed by atoms with van der Waals surface area (Å²) >= 11 is 0. The summed E-state index contributed by atoms with van der Waals surface area (Å²) in [6, 6.07) is 14.8. The van der Waals surface area contributed by atoms with Gasteiger partial charge >= 0.3 is 12.0 Å². The number of hydrogen-bond acceptors (Lipinski definition) is 6. The van der Waals surface area contributed by atoms with Crippen LogP contribution in [0.1, 0.15) is 13.3 Å². The van der Waals surface area contributed by atoms with Gasteiger partial charge in [0.1, 0.15) is 11.9 Å². The Bertz CT molecular complexity index is 1200. The summed E-state index contributed by atoms with van der Waals surface area (Å²) in [6.07, 6.45) is 3.88. The molecule has 1 saturated heterocycles. The summed E-state index contributed by atoms with van der Waals surface area (Å²) in [4.78, 5) is 36.7. The second kappa shape index (κ2) is 9.01. The number of benzene rings is 2. The highest BCUT2D eigenvalue weighted by Gasteiger charge is 2.30. The van der Waals surface area contributed by atoms with Crippen molar-refractivity contribution in [3.8, 4) is 16.9 Å². The van der Waals surface area contributed by atoms with Crippen molar-refractivity contribution in [2.24, 2.45) is 5.92 Å². The molecule has 34 heavy (non-hydrogen) atoms.